The van der Waals surface area contributed by atoms with Crippen LogP contribution in [0.2, 0.25) is 0 Å². The molecule has 3 aromatic rings. The fourth-order valence-electron chi connectivity index (χ4n) is 4.13. The van der Waals surface area contributed by atoms with Gasteiger partial charge in [-0.25, -0.2) is 0 Å². The molecule has 0 radical (unpaired) electrons. The van der Waals surface area contributed by atoms with E-state index in [4.69, 9.17) is 13.6 Å². The van der Waals surface area contributed by atoms with Crippen LogP contribution in [-0.4, -0.2) is 36.2 Å². The first-order valence-corrected chi connectivity index (χ1v) is 10.6. The molecule has 32 heavy (non-hydrogen) atoms. The monoisotopic (exact) mass is 439 g/mol. The van der Waals surface area contributed by atoms with E-state index in [1.807, 2.05) is 0 Å². The molecule has 2 aromatic heterocycles. The highest BCUT2D eigenvalue weighted by Crippen LogP contribution is 2.33. The van der Waals surface area contributed by atoms with Crippen LogP contribution in [0.25, 0.3) is 11.0 Å². The summed E-state index contributed by atoms with van der Waals surface area (Å²) in [4.78, 5) is 40.1. The molecule has 1 aromatic carbocycles. The van der Waals surface area contributed by atoms with Crippen LogP contribution in [0, 0.1) is 0 Å². The second-order valence-corrected chi connectivity index (χ2v) is 7.98. The molecule has 8 nitrogen and oxygen atoms in total. The van der Waals surface area contributed by atoms with Crippen molar-refractivity contribution < 1.29 is 23.5 Å². The third kappa shape index (κ3) is 4.45. The van der Waals surface area contributed by atoms with Gasteiger partial charge >= 0.3 is 5.97 Å². The van der Waals surface area contributed by atoms with Crippen molar-refractivity contribution in [2.24, 2.45) is 0 Å². The van der Waals surface area contributed by atoms with Gasteiger partial charge < -0.3 is 18.7 Å². The van der Waals surface area contributed by atoms with Gasteiger partial charge in [0.15, 0.2) is 11.2 Å². The number of piperidine rings is 1. The Morgan fingerprint density at radius 2 is 1.94 bits per heavy atom. The molecule has 3 heterocycles. The average molecular weight is 439 g/mol. The molecule has 1 aliphatic rings. The lowest BCUT2D eigenvalue weighted by Crippen LogP contribution is -2.29. The fourth-order valence-corrected chi connectivity index (χ4v) is 4.13. The zero-order chi connectivity index (χ0) is 22.7. The Labute approximate surface area is 184 Å². The summed E-state index contributed by atoms with van der Waals surface area (Å²) in [6.45, 7) is 2.18. The Bertz CT molecular complexity index is 1240. The molecular weight excluding hydrogens is 414 g/mol. The molecule has 0 aliphatic carbocycles. The molecule has 0 spiro atoms. The molecule has 0 bridgehead atoms. The van der Waals surface area contributed by atoms with E-state index < -0.39 is 23.1 Å². The maximum atomic E-state index is 13.2. The average Bonchev–Trinajstić information content (AvgIpc) is 2.81. The predicted octanol–water partition coefficient (Wildman–Crippen LogP) is 3.13. The first kappa shape index (κ1) is 21.8. The second-order valence-electron chi connectivity index (χ2n) is 7.98. The minimum absolute atomic E-state index is 0.0997. The molecule has 0 saturated carbocycles. The van der Waals surface area contributed by atoms with E-state index in [1.165, 1.54) is 25.9 Å². The van der Waals surface area contributed by atoms with Crippen molar-refractivity contribution >= 4 is 16.9 Å². The number of rotatable bonds is 6. The van der Waals surface area contributed by atoms with E-state index in [1.54, 1.807) is 24.3 Å². The van der Waals surface area contributed by atoms with Crippen LogP contribution < -0.4 is 10.9 Å². The van der Waals surface area contributed by atoms with E-state index in [2.05, 4.69) is 4.90 Å². The molecule has 0 amide bonds. The third-order valence-electron chi connectivity index (χ3n) is 5.83. The lowest BCUT2D eigenvalue weighted by Gasteiger charge is -2.26. The molecule has 1 saturated heterocycles. The zero-order valence-electron chi connectivity index (χ0n) is 17.8. The Morgan fingerprint density at radius 1 is 1.19 bits per heavy atom. The summed E-state index contributed by atoms with van der Waals surface area (Å²) >= 11 is 0. The minimum atomic E-state index is -1.04. The Balaban J connectivity index is 1.81. The maximum Gasteiger partial charge on any atom is 0.306 e. The van der Waals surface area contributed by atoms with E-state index in [9.17, 15) is 19.5 Å². The topological polar surface area (TPSA) is 110 Å². The van der Waals surface area contributed by atoms with Gasteiger partial charge in [0.1, 0.15) is 11.3 Å². The van der Waals surface area contributed by atoms with E-state index in [-0.39, 0.29) is 23.2 Å². The first-order valence-electron chi connectivity index (χ1n) is 10.6. The summed E-state index contributed by atoms with van der Waals surface area (Å²) in [5, 5.41) is 10.9. The van der Waals surface area contributed by atoms with Crippen LogP contribution in [0.3, 0.4) is 0 Å². The number of likely N-dealkylation sites (tertiary alicyclic amines) is 1. The highest BCUT2D eigenvalue weighted by Gasteiger charge is 2.30. The number of hydrogen-bond donors (Lipinski definition) is 1. The first-order chi connectivity index (χ1) is 15.5. The van der Waals surface area contributed by atoms with Crippen molar-refractivity contribution in [1.82, 2.24) is 4.90 Å². The van der Waals surface area contributed by atoms with Crippen molar-refractivity contribution in [2.75, 3.05) is 20.2 Å². The summed E-state index contributed by atoms with van der Waals surface area (Å²) in [6, 6.07) is 7.97. The van der Waals surface area contributed by atoms with Gasteiger partial charge in [0.25, 0.3) is 0 Å². The van der Waals surface area contributed by atoms with Gasteiger partial charge in [0.2, 0.25) is 11.2 Å². The molecule has 1 fully saturated rings. The summed E-state index contributed by atoms with van der Waals surface area (Å²) in [6.07, 6.45) is 4.25. The quantitative estimate of drug-likeness (QED) is 0.584. The number of carbonyl (C=O) groups excluding carboxylic acids is 1. The minimum Gasteiger partial charge on any atom is -0.502 e. The standard InChI is InChI=1S/C24H25NO7/c1-30-21(27)12-17(18-14-31-20-8-4-3-7-16(20)22(18)28)24-23(29)19(26)11-15(32-24)13-25-9-5-2-6-10-25/h3-4,7-8,11,14,17,29H,2,5-6,9-10,12-13H2,1H3/t17-/m0/s1. The molecule has 168 valence electrons. The van der Waals surface area contributed by atoms with Gasteiger partial charge in [0, 0.05) is 11.6 Å². The SMILES string of the molecule is COC(=O)C[C@H](c1oc(CN2CCCCC2)cc(=O)c1O)c1coc2ccccc2c1=O. The summed E-state index contributed by atoms with van der Waals surface area (Å²) in [5.74, 6) is -2.07. The Kier molecular flexibility index (Phi) is 6.41. The molecule has 8 heteroatoms. The number of benzene rings is 1. The van der Waals surface area contributed by atoms with Crippen LogP contribution in [0.4, 0.5) is 0 Å². The number of ether oxygens (including phenoxy) is 1. The van der Waals surface area contributed by atoms with Crippen molar-refractivity contribution in [3.05, 3.63) is 74.1 Å². The van der Waals surface area contributed by atoms with Crippen molar-refractivity contribution in [1.29, 1.82) is 0 Å². The molecule has 0 unspecified atom stereocenters. The lowest BCUT2D eigenvalue weighted by atomic mass is 9.92. The second kappa shape index (κ2) is 9.40. The van der Waals surface area contributed by atoms with Gasteiger partial charge in [-0.05, 0) is 38.1 Å². The van der Waals surface area contributed by atoms with Crippen LogP contribution in [-0.2, 0) is 16.1 Å². The van der Waals surface area contributed by atoms with Crippen LogP contribution in [0.15, 0.2) is 55.0 Å². The predicted molar refractivity (Wildman–Crippen MR) is 117 cm³/mol. The number of aromatic hydroxyl groups is 1. The van der Waals surface area contributed by atoms with Crippen LogP contribution in [0.5, 0.6) is 5.75 Å². The van der Waals surface area contributed by atoms with E-state index in [0.29, 0.717) is 23.3 Å². The van der Waals surface area contributed by atoms with Gasteiger partial charge in [0.05, 0.1) is 37.6 Å². The third-order valence-corrected chi connectivity index (χ3v) is 5.83. The van der Waals surface area contributed by atoms with Gasteiger partial charge in [-0.1, -0.05) is 18.6 Å². The molecular formula is C24H25NO7. The Morgan fingerprint density at radius 3 is 2.69 bits per heavy atom. The smallest absolute Gasteiger partial charge is 0.306 e. The van der Waals surface area contributed by atoms with Gasteiger partial charge in [-0.2, -0.15) is 0 Å². The number of fused-ring (bicyclic) bond motifs is 1. The number of methoxy groups -OCH3 is 1. The summed E-state index contributed by atoms with van der Waals surface area (Å²) in [5.41, 5.74) is -0.507. The van der Waals surface area contributed by atoms with Crippen molar-refractivity contribution in [3.63, 3.8) is 0 Å². The van der Waals surface area contributed by atoms with E-state index in [0.717, 1.165) is 25.9 Å². The van der Waals surface area contributed by atoms with Gasteiger partial charge in [-0.15, -0.1) is 0 Å². The lowest BCUT2D eigenvalue weighted by molar-refractivity contribution is -0.140. The highest BCUT2D eigenvalue weighted by atomic mass is 16.5. The van der Waals surface area contributed by atoms with Crippen molar-refractivity contribution in [3.8, 4) is 5.75 Å². The van der Waals surface area contributed by atoms with Crippen LogP contribution >= 0.6 is 0 Å². The normalized spacial score (nSPS) is 15.5. The summed E-state index contributed by atoms with van der Waals surface area (Å²) in [7, 11) is 1.23. The largest absolute Gasteiger partial charge is 0.502 e. The number of hydrogen-bond acceptors (Lipinski definition) is 8. The molecule has 4 rings (SSSR count). The zero-order valence-corrected chi connectivity index (χ0v) is 17.8. The van der Waals surface area contributed by atoms with E-state index >= 15 is 0 Å². The summed E-state index contributed by atoms with van der Waals surface area (Å²) < 4.78 is 16.3. The fraction of sp³-hybridized carbons (Fsp3) is 0.375. The molecule has 1 N–H and O–H groups in total. The number of nitrogens with zero attached hydrogens (tertiary/aromatic N) is 1. The number of esters is 1. The molecule has 1 atom stereocenters. The van der Waals surface area contributed by atoms with Crippen LogP contribution in [0.1, 0.15) is 48.7 Å². The Hall–Kier alpha value is -3.39. The number of para-hydroxylation sites is 1. The maximum absolute atomic E-state index is 13.2. The van der Waals surface area contributed by atoms with Gasteiger partial charge in [-0.3, -0.25) is 19.3 Å². The molecule has 1 aliphatic heterocycles. The number of carbonyl (C=O) groups is 1. The van der Waals surface area contributed by atoms with Crippen molar-refractivity contribution in [2.45, 2.75) is 38.1 Å². The highest BCUT2D eigenvalue weighted by molar-refractivity contribution is 5.77.